The van der Waals surface area contributed by atoms with Crippen molar-refractivity contribution in [2.45, 2.75) is 6.04 Å². The van der Waals surface area contributed by atoms with Crippen molar-refractivity contribution in [1.29, 1.82) is 0 Å². The largest absolute Gasteiger partial charge is 0.491 e. The van der Waals surface area contributed by atoms with Crippen LogP contribution in [0.2, 0.25) is 10.0 Å². The number of hydrogen-bond acceptors (Lipinski definition) is 4. The van der Waals surface area contributed by atoms with Gasteiger partial charge >= 0.3 is 0 Å². The summed E-state index contributed by atoms with van der Waals surface area (Å²) >= 11 is 12.0. The van der Waals surface area contributed by atoms with Crippen molar-refractivity contribution in [3.63, 3.8) is 0 Å². The van der Waals surface area contributed by atoms with E-state index in [1.54, 1.807) is 24.4 Å². The van der Waals surface area contributed by atoms with Crippen LogP contribution < -0.4 is 10.1 Å². The fourth-order valence-electron chi connectivity index (χ4n) is 2.78. The van der Waals surface area contributed by atoms with E-state index in [9.17, 15) is 0 Å². The van der Waals surface area contributed by atoms with Gasteiger partial charge in [0, 0.05) is 49.6 Å². The van der Waals surface area contributed by atoms with Crippen molar-refractivity contribution in [2.75, 3.05) is 32.8 Å². The second-order valence-corrected chi connectivity index (χ2v) is 6.31. The molecule has 1 saturated heterocycles. The van der Waals surface area contributed by atoms with Crippen LogP contribution in [0.4, 0.5) is 0 Å². The number of halogens is 2. The summed E-state index contributed by atoms with van der Waals surface area (Å²) in [4.78, 5) is 6.64. The molecule has 4 nitrogen and oxygen atoms in total. The summed E-state index contributed by atoms with van der Waals surface area (Å²) < 4.78 is 5.81. The molecule has 1 aliphatic rings. The zero-order valence-electron chi connectivity index (χ0n) is 12.7. The Labute approximate surface area is 146 Å². The Hall–Kier alpha value is -1.33. The Morgan fingerprint density at radius 2 is 2.22 bits per heavy atom. The molecule has 1 unspecified atom stereocenters. The van der Waals surface area contributed by atoms with Crippen LogP contribution in [0.1, 0.15) is 11.6 Å². The number of aromatic nitrogens is 1. The van der Waals surface area contributed by atoms with Crippen molar-refractivity contribution in [2.24, 2.45) is 0 Å². The number of ether oxygens (including phenoxy) is 1. The molecular weight excluding hydrogens is 333 g/mol. The van der Waals surface area contributed by atoms with Gasteiger partial charge in [0.05, 0.1) is 5.02 Å². The highest BCUT2D eigenvalue weighted by Gasteiger charge is 2.23. The third-order valence-corrected chi connectivity index (χ3v) is 4.48. The first-order valence-corrected chi connectivity index (χ1v) is 8.42. The lowest BCUT2D eigenvalue weighted by Crippen LogP contribution is -2.47. The molecule has 1 N–H and O–H groups in total. The number of rotatable bonds is 5. The third kappa shape index (κ3) is 4.36. The first kappa shape index (κ1) is 16.5. The van der Waals surface area contributed by atoms with Gasteiger partial charge < -0.3 is 10.1 Å². The molecule has 1 aromatic carbocycles. The van der Waals surface area contributed by atoms with Crippen LogP contribution in [-0.2, 0) is 0 Å². The SMILES string of the molecule is Clc1ccc(OCCN2CCNCC2c2cccnc2)c(Cl)c1. The van der Waals surface area contributed by atoms with Crippen LogP contribution >= 0.6 is 23.2 Å². The summed E-state index contributed by atoms with van der Waals surface area (Å²) in [5.74, 6) is 0.670. The Kier molecular flexibility index (Phi) is 5.73. The topological polar surface area (TPSA) is 37.4 Å². The van der Waals surface area contributed by atoms with Gasteiger partial charge in [0.2, 0.25) is 0 Å². The van der Waals surface area contributed by atoms with Gasteiger partial charge in [0.1, 0.15) is 12.4 Å². The predicted octanol–water partition coefficient (Wildman–Crippen LogP) is 3.41. The first-order chi connectivity index (χ1) is 11.2. The molecule has 1 atom stereocenters. The summed E-state index contributed by atoms with van der Waals surface area (Å²) in [7, 11) is 0. The zero-order valence-corrected chi connectivity index (χ0v) is 14.2. The van der Waals surface area contributed by atoms with E-state index >= 15 is 0 Å². The number of hydrogen-bond donors (Lipinski definition) is 1. The number of piperazine rings is 1. The summed E-state index contributed by atoms with van der Waals surface area (Å²) in [6.07, 6.45) is 3.73. The number of benzene rings is 1. The van der Waals surface area contributed by atoms with Crippen LogP contribution in [0.3, 0.4) is 0 Å². The minimum Gasteiger partial charge on any atom is -0.491 e. The van der Waals surface area contributed by atoms with Crippen molar-refractivity contribution in [3.05, 3.63) is 58.3 Å². The van der Waals surface area contributed by atoms with Gasteiger partial charge in [-0.2, -0.15) is 0 Å². The highest BCUT2D eigenvalue weighted by atomic mass is 35.5. The minimum atomic E-state index is 0.321. The van der Waals surface area contributed by atoms with Crippen LogP contribution in [0.15, 0.2) is 42.7 Å². The van der Waals surface area contributed by atoms with E-state index in [1.165, 1.54) is 5.56 Å². The average molecular weight is 352 g/mol. The molecule has 122 valence electrons. The Bertz CT molecular complexity index is 639. The molecule has 2 aromatic rings. The van der Waals surface area contributed by atoms with Crippen LogP contribution in [0.5, 0.6) is 5.75 Å². The first-order valence-electron chi connectivity index (χ1n) is 7.66. The predicted molar refractivity (Wildman–Crippen MR) is 93.4 cm³/mol. The zero-order chi connectivity index (χ0) is 16.1. The van der Waals surface area contributed by atoms with Gasteiger partial charge in [-0.1, -0.05) is 29.3 Å². The fourth-order valence-corrected chi connectivity index (χ4v) is 3.24. The summed E-state index contributed by atoms with van der Waals surface area (Å²) in [5, 5.41) is 4.60. The van der Waals surface area contributed by atoms with Gasteiger partial charge in [-0.25, -0.2) is 0 Å². The van der Waals surface area contributed by atoms with Crippen LogP contribution in [-0.4, -0.2) is 42.7 Å². The average Bonchev–Trinajstić information content (AvgIpc) is 2.58. The Morgan fingerprint density at radius 1 is 1.30 bits per heavy atom. The Balaban J connectivity index is 1.59. The molecule has 1 aromatic heterocycles. The maximum atomic E-state index is 6.13. The lowest BCUT2D eigenvalue weighted by atomic mass is 10.1. The molecule has 1 fully saturated rings. The monoisotopic (exact) mass is 351 g/mol. The van der Waals surface area contributed by atoms with Crippen molar-refractivity contribution in [3.8, 4) is 5.75 Å². The molecule has 0 saturated carbocycles. The van der Waals surface area contributed by atoms with Crippen molar-refractivity contribution >= 4 is 23.2 Å². The quantitative estimate of drug-likeness (QED) is 0.895. The maximum absolute atomic E-state index is 6.13. The van der Waals surface area contributed by atoms with E-state index in [4.69, 9.17) is 27.9 Å². The minimum absolute atomic E-state index is 0.321. The molecule has 2 heterocycles. The molecule has 0 spiro atoms. The molecular formula is C17H19Cl2N3O. The standard InChI is InChI=1S/C17H19Cl2N3O/c18-14-3-4-17(15(19)10-14)23-9-8-22-7-6-21-12-16(22)13-2-1-5-20-11-13/h1-5,10-11,16,21H,6-9,12H2. The van der Waals surface area contributed by atoms with Crippen molar-refractivity contribution < 1.29 is 4.74 Å². The maximum Gasteiger partial charge on any atom is 0.138 e. The molecule has 6 heteroatoms. The van der Waals surface area contributed by atoms with E-state index in [1.807, 2.05) is 12.3 Å². The number of nitrogens with one attached hydrogen (secondary N) is 1. The Morgan fingerprint density at radius 3 is 3.00 bits per heavy atom. The number of pyridine rings is 1. The normalized spacial score (nSPS) is 18.8. The van der Waals surface area contributed by atoms with E-state index in [-0.39, 0.29) is 0 Å². The highest BCUT2D eigenvalue weighted by Crippen LogP contribution is 2.28. The third-order valence-electron chi connectivity index (χ3n) is 3.95. The van der Waals surface area contributed by atoms with E-state index < -0.39 is 0 Å². The summed E-state index contributed by atoms with van der Waals surface area (Å²) in [5.41, 5.74) is 1.23. The fraction of sp³-hybridized carbons (Fsp3) is 0.353. The van der Waals surface area contributed by atoms with Gasteiger partial charge in [0.25, 0.3) is 0 Å². The molecule has 23 heavy (non-hydrogen) atoms. The number of nitrogens with zero attached hydrogens (tertiary/aromatic N) is 2. The second kappa shape index (κ2) is 7.97. The summed E-state index contributed by atoms with van der Waals surface area (Å²) in [6.45, 7) is 4.31. The van der Waals surface area contributed by atoms with Crippen LogP contribution in [0.25, 0.3) is 0 Å². The summed E-state index contributed by atoms with van der Waals surface area (Å²) in [6, 6.07) is 9.71. The molecule has 1 aliphatic heterocycles. The van der Waals surface area contributed by atoms with Gasteiger partial charge in [0.15, 0.2) is 0 Å². The van der Waals surface area contributed by atoms with E-state index in [2.05, 4.69) is 21.3 Å². The van der Waals surface area contributed by atoms with Gasteiger partial charge in [-0.15, -0.1) is 0 Å². The van der Waals surface area contributed by atoms with E-state index in [0.717, 1.165) is 26.2 Å². The van der Waals surface area contributed by atoms with Gasteiger partial charge in [-0.3, -0.25) is 9.88 Å². The molecule has 0 radical (unpaired) electrons. The molecule has 0 amide bonds. The molecule has 0 aliphatic carbocycles. The lowest BCUT2D eigenvalue weighted by molar-refractivity contribution is 0.134. The van der Waals surface area contributed by atoms with E-state index in [0.29, 0.717) is 28.4 Å². The van der Waals surface area contributed by atoms with Crippen molar-refractivity contribution in [1.82, 2.24) is 15.2 Å². The second-order valence-electron chi connectivity index (χ2n) is 5.47. The molecule has 0 bridgehead atoms. The smallest absolute Gasteiger partial charge is 0.138 e. The van der Waals surface area contributed by atoms with Gasteiger partial charge in [-0.05, 0) is 29.8 Å². The molecule has 3 rings (SSSR count). The van der Waals surface area contributed by atoms with Crippen LogP contribution in [0, 0.1) is 0 Å². The lowest BCUT2D eigenvalue weighted by Gasteiger charge is -2.36. The highest BCUT2D eigenvalue weighted by molar-refractivity contribution is 6.35.